The smallest absolute Gasteiger partial charge is 0.293 e. The molecule has 0 saturated carbocycles. The largest absolute Gasteiger partial charge is 0.342 e. The Morgan fingerprint density at radius 2 is 2.53 bits per heavy atom. The number of aromatic nitrogens is 4. The second kappa shape index (κ2) is 4.25. The molecule has 1 aliphatic rings. The van der Waals surface area contributed by atoms with Gasteiger partial charge in [0.1, 0.15) is 0 Å². The van der Waals surface area contributed by atoms with E-state index in [0.29, 0.717) is 0 Å². The Bertz CT molecular complexity index is 521. The van der Waals surface area contributed by atoms with Gasteiger partial charge in [-0.2, -0.15) is 5.21 Å². The quantitative estimate of drug-likeness (QED) is 0.833. The number of amides is 1. The van der Waals surface area contributed by atoms with E-state index in [1.165, 1.54) is 10.4 Å². The Kier molecular flexibility index (Phi) is 2.60. The molecule has 2 aromatic heterocycles. The molecule has 0 bridgehead atoms. The number of rotatable bonds is 2. The van der Waals surface area contributed by atoms with Crippen LogP contribution in [0.15, 0.2) is 11.4 Å². The van der Waals surface area contributed by atoms with Gasteiger partial charge in [-0.15, -0.1) is 21.5 Å². The Hall–Kier alpha value is -1.76. The van der Waals surface area contributed by atoms with E-state index in [1.54, 1.807) is 11.3 Å². The molecule has 88 valence electrons. The monoisotopic (exact) mass is 249 g/mol. The van der Waals surface area contributed by atoms with E-state index in [1.807, 2.05) is 0 Å². The van der Waals surface area contributed by atoms with Crippen molar-refractivity contribution in [2.45, 2.75) is 25.3 Å². The summed E-state index contributed by atoms with van der Waals surface area (Å²) in [5, 5.41) is 18.0. The van der Waals surface area contributed by atoms with E-state index in [9.17, 15) is 4.79 Å². The highest BCUT2D eigenvalue weighted by Gasteiger charge is 2.24. The van der Waals surface area contributed by atoms with Gasteiger partial charge in [0, 0.05) is 4.88 Å². The number of aromatic amines is 1. The van der Waals surface area contributed by atoms with Crippen molar-refractivity contribution in [1.29, 1.82) is 0 Å². The second-order valence-corrected chi connectivity index (χ2v) is 4.95. The van der Waals surface area contributed by atoms with Crippen molar-refractivity contribution < 1.29 is 4.79 Å². The number of thiophene rings is 1. The van der Waals surface area contributed by atoms with Crippen LogP contribution in [0.25, 0.3) is 0 Å². The number of H-pyrrole nitrogens is 1. The van der Waals surface area contributed by atoms with Crippen molar-refractivity contribution in [3.05, 3.63) is 27.7 Å². The number of hydrogen-bond donors (Lipinski definition) is 2. The molecule has 2 N–H and O–H groups in total. The molecule has 1 aliphatic carbocycles. The standard InChI is InChI=1S/C10H11N5OS/c16-10(9-12-14-15-13-9)11-7-2-1-3-8-6(7)4-5-17-8/h4-5,7H,1-3H2,(H,11,16)(H,12,13,14,15). The van der Waals surface area contributed by atoms with Gasteiger partial charge in [0.05, 0.1) is 6.04 Å². The summed E-state index contributed by atoms with van der Waals surface area (Å²) in [6.45, 7) is 0. The summed E-state index contributed by atoms with van der Waals surface area (Å²) < 4.78 is 0. The molecule has 0 radical (unpaired) electrons. The molecule has 1 amide bonds. The molecule has 1 unspecified atom stereocenters. The van der Waals surface area contributed by atoms with Crippen LogP contribution in [0.3, 0.4) is 0 Å². The van der Waals surface area contributed by atoms with Gasteiger partial charge in [-0.05, 0) is 41.5 Å². The van der Waals surface area contributed by atoms with Gasteiger partial charge in [0.2, 0.25) is 0 Å². The molecule has 7 heteroatoms. The molecule has 0 saturated heterocycles. The fraction of sp³-hybridized carbons (Fsp3) is 0.400. The molecule has 17 heavy (non-hydrogen) atoms. The molecule has 2 aromatic rings. The van der Waals surface area contributed by atoms with E-state index in [2.05, 4.69) is 37.4 Å². The predicted octanol–water partition coefficient (Wildman–Crippen LogP) is 1.07. The molecule has 3 rings (SSSR count). The number of hydrogen-bond acceptors (Lipinski definition) is 5. The lowest BCUT2D eigenvalue weighted by molar-refractivity contribution is 0.0922. The molecular formula is C10H11N5OS. The molecule has 0 aromatic carbocycles. The molecule has 1 atom stereocenters. The molecule has 0 fully saturated rings. The van der Waals surface area contributed by atoms with E-state index >= 15 is 0 Å². The topological polar surface area (TPSA) is 83.6 Å². The minimum absolute atomic E-state index is 0.0796. The van der Waals surface area contributed by atoms with Gasteiger partial charge in [0.25, 0.3) is 11.7 Å². The first-order chi connectivity index (χ1) is 8.34. The van der Waals surface area contributed by atoms with Crippen molar-refractivity contribution in [3.8, 4) is 0 Å². The first kappa shape index (κ1) is 10.4. The van der Waals surface area contributed by atoms with E-state index < -0.39 is 0 Å². The zero-order valence-electron chi connectivity index (χ0n) is 9.01. The van der Waals surface area contributed by atoms with Crippen molar-refractivity contribution in [2.75, 3.05) is 0 Å². The third-order valence-electron chi connectivity index (χ3n) is 2.91. The average molecular weight is 249 g/mol. The SMILES string of the molecule is O=C(NC1CCCc2sccc21)c1nn[nH]n1. The first-order valence-electron chi connectivity index (χ1n) is 5.45. The second-order valence-electron chi connectivity index (χ2n) is 3.95. The van der Waals surface area contributed by atoms with Crippen molar-refractivity contribution in [1.82, 2.24) is 25.9 Å². The van der Waals surface area contributed by atoms with Gasteiger partial charge in [-0.25, -0.2) is 0 Å². The lowest BCUT2D eigenvalue weighted by atomic mass is 9.94. The number of carbonyl (C=O) groups excluding carboxylic acids is 1. The number of nitrogens with one attached hydrogen (secondary N) is 2. The number of carbonyl (C=O) groups is 1. The Morgan fingerprint density at radius 1 is 1.59 bits per heavy atom. The van der Waals surface area contributed by atoms with Crippen molar-refractivity contribution >= 4 is 17.2 Å². The highest BCUT2D eigenvalue weighted by Crippen LogP contribution is 2.33. The summed E-state index contributed by atoms with van der Waals surface area (Å²) in [5.41, 5.74) is 1.23. The summed E-state index contributed by atoms with van der Waals surface area (Å²) in [6, 6.07) is 2.16. The number of tetrazole rings is 1. The van der Waals surface area contributed by atoms with Crippen LogP contribution in [0.1, 0.15) is 39.9 Å². The maximum Gasteiger partial charge on any atom is 0.293 e. The van der Waals surface area contributed by atoms with Gasteiger partial charge in [-0.3, -0.25) is 4.79 Å². The Labute approximate surface area is 101 Å². The maximum atomic E-state index is 11.8. The fourth-order valence-corrected chi connectivity index (χ4v) is 3.10. The summed E-state index contributed by atoms with van der Waals surface area (Å²) >= 11 is 1.75. The molecule has 0 aliphatic heterocycles. The minimum Gasteiger partial charge on any atom is -0.342 e. The van der Waals surface area contributed by atoms with Crippen molar-refractivity contribution in [2.24, 2.45) is 0 Å². The van der Waals surface area contributed by atoms with Gasteiger partial charge < -0.3 is 5.32 Å². The molecule has 2 heterocycles. The lowest BCUT2D eigenvalue weighted by Crippen LogP contribution is -2.31. The molecule has 0 spiro atoms. The third kappa shape index (κ3) is 1.93. The lowest BCUT2D eigenvalue weighted by Gasteiger charge is -2.22. The van der Waals surface area contributed by atoms with Crippen LogP contribution >= 0.6 is 11.3 Å². The van der Waals surface area contributed by atoms with Crippen LogP contribution in [0, 0.1) is 0 Å². The van der Waals surface area contributed by atoms with Crippen molar-refractivity contribution in [3.63, 3.8) is 0 Å². The zero-order chi connectivity index (χ0) is 11.7. The highest BCUT2D eigenvalue weighted by molar-refractivity contribution is 7.10. The minimum atomic E-state index is -0.275. The predicted molar refractivity (Wildman–Crippen MR) is 61.6 cm³/mol. The van der Waals surface area contributed by atoms with E-state index in [4.69, 9.17) is 0 Å². The van der Waals surface area contributed by atoms with E-state index in [0.717, 1.165) is 19.3 Å². The maximum absolute atomic E-state index is 11.8. The zero-order valence-corrected chi connectivity index (χ0v) is 9.83. The highest BCUT2D eigenvalue weighted by atomic mass is 32.1. The van der Waals surface area contributed by atoms with Crippen LogP contribution < -0.4 is 5.32 Å². The Morgan fingerprint density at radius 3 is 3.35 bits per heavy atom. The number of fused-ring (bicyclic) bond motifs is 1. The Balaban J connectivity index is 1.77. The van der Waals surface area contributed by atoms with Gasteiger partial charge in [-0.1, -0.05) is 0 Å². The first-order valence-corrected chi connectivity index (χ1v) is 6.33. The number of nitrogens with zero attached hydrogens (tertiary/aromatic N) is 3. The third-order valence-corrected chi connectivity index (χ3v) is 3.90. The van der Waals surface area contributed by atoms with E-state index in [-0.39, 0.29) is 17.8 Å². The average Bonchev–Trinajstić information content (AvgIpc) is 3.00. The van der Waals surface area contributed by atoms with Crippen LogP contribution in [0.5, 0.6) is 0 Å². The summed E-state index contributed by atoms with van der Waals surface area (Å²) in [4.78, 5) is 13.2. The summed E-state index contributed by atoms with van der Waals surface area (Å²) in [7, 11) is 0. The van der Waals surface area contributed by atoms with Crippen LogP contribution in [0.4, 0.5) is 0 Å². The molecular weight excluding hydrogens is 238 g/mol. The summed E-state index contributed by atoms with van der Waals surface area (Å²) in [6.07, 6.45) is 3.18. The fourth-order valence-electron chi connectivity index (χ4n) is 2.12. The van der Waals surface area contributed by atoms with Gasteiger partial charge in [0.15, 0.2) is 0 Å². The van der Waals surface area contributed by atoms with Crippen LogP contribution in [0.2, 0.25) is 0 Å². The number of aryl methyl sites for hydroxylation is 1. The van der Waals surface area contributed by atoms with Crippen LogP contribution in [-0.4, -0.2) is 26.5 Å². The summed E-state index contributed by atoms with van der Waals surface area (Å²) in [5.74, 6) is -0.185. The van der Waals surface area contributed by atoms with Gasteiger partial charge >= 0.3 is 0 Å². The normalized spacial score (nSPS) is 18.7. The molecule has 6 nitrogen and oxygen atoms in total. The van der Waals surface area contributed by atoms with Crippen LogP contribution in [-0.2, 0) is 6.42 Å².